The van der Waals surface area contributed by atoms with Crippen molar-refractivity contribution in [3.8, 4) is 0 Å². The Kier molecular flexibility index (Phi) is 3.76. The lowest BCUT2D eigenvalue weighted by atomic mass is 10.4. The molecule has 0 aromatic carbocycles. The predicted octanol–water partition coefficient (Wildman–Crippen LogP) is 1.91. The van der Waals surface area contributed by atoms with E-state index in [0.29, 0.717) is 13.1 Å². The van der Waals surface area contributed by atoms with E-state index in [-0.39, 0.29) is 6.03 Å². The fourth-order valence-corrected chi connectivity index (χ4v) is 1.75. The van der Waals surface area contributed by atoms with Gasteiger partial charge in [-0.1, -0.05) is 6.07 Å². The summed E-state index contributed by atoms with van der Waals surface area (Å²) in [6.45, 7) is 3.27. The van der Waals surface area contributed by atoms with Gasteiger partial charge in [-0.15, -0.1) is 11.3 Å². The van der Waals surface area contributed by atoms with Crippen LogP contribution in [0.5, 0.6) is 0 Å². The van der Waals surface area contributed by atoms with Crippen molar-refractivity contribution in [2.24, 2.45) is 0 Å². The zero-order chi connectivity index (χ0) is 9.68. The standard InChI is InChI=1S/C9H14N2OS/c1-3-10-9(12)11(2)7-8-5-4-6-13-8/h4-6H,3,7H2,1-2H3,(H,10,12). The molecule has 3 nitrogen and oxygen atoms in total. The van der Waals surface area contributed by atoms with Gasteiger partial charge in [0.2, 0.25) is 0 Å². The van der Waals surface area contributed by atoms with Gasteiger partial charge in [0.05, 0.1) is 6.54 Å². The third kappa shape index (κ3) is 3.06. The summed E-state index contributed by atoms with van der Waals surface area (Å²) >= 11 is 1.67. The Morgan fingerprint density at radius 3 is 3.00 bits per heavy atom. The molecule has 0 atom stereocenters. The van der Waals surface area contributed by atoms with Gasteiger partial charge in [-0.2, -0.15) is 0 Å². The van der Waals surface area contributed by atoms with Crippen LogP contribution in [0.4, 0.5) is 4.79 Å². The predicted molar refractivity (Wildman–Crippen MR) is 54.9 cm³/mol. The van der Waals surface area contributed by atoms with E-state index in [2.05, 4.69) is 5.32 Å². The molecule has 1 N–H and O–H groups in total. The molecule has 4 heteroatoms. The van der Waals surface area contributed by atoms with Crippen LogP contribution in [0.25, 0.3) is 0 Å². The van der Waals surface area contributed by atoms with Crippen LogP contribution in [-0.2, 0) is 6.54 Å². The molecule has 0 aliphatic rings. The molecular formula is C9H14N2OS. The van der Waals surface area contributed by atoms with Gasteiger partial charge in [0.25, 0.3) is 0 Å². The summed E-state index contributed by atoms with van der Waals surface area (Å²) in [6.07, 6.45) is 0. The molecular weight excluding hydrogens is 184 g/mol. The number of thiophene rings is 1. The van der Waals surface area contributed by atoms with Gasteiger partial charge >= 0.3 is 6.03 Å². The maximum Gasteiger partial charge on any atom is 0.317 e. The smallest absolute Gasteiger partial charge is 0.317 e. The Labute approximate surface area is 82.4 Å². The molecule has 0 spiro atoms. The molecule has 0 fully saturated rings. The van der Waals surface area contributed by atoms with Crippen molar-refractivity contribution in [3.05, 3.63) is 22.4 Å². The van der Waals surface area contributed by atoms with Crippen LogP contribution < -0.4 is 5.32 Å². The zero-order valence-electron chi connectivity index (χ0n) is 7.91. The van der Waals surface area contributed by atoms with Gasteiger partial charge in [-0.25, -0.2) is 4.79 Å². The average Bonchev–Trinajstić information content (AvgIpc) is 2.57. The van der Waals surface area contributed by atoms with Crippen LogP contribution in [0.15, 0.2) is 17.5 Å². The summed E-state index contributed by atoms with van der Waals surface area (Å²) in [5.41, 5.74) is 0. The normalized spacial score (nSPS) is 9.69. The molecule has 1 rings (SSSR count). The van der Waals surface area contributed by atoms with Crippen molar-refractivity contribution in [1.29, 1.82) is 0 Å². The van der Waals surface area contributed by atoms with Gasteiger partial charge in [0.15, 0.2) is 0 Å². The number of hydrogen-bond donors (Lipinski definition) is 1. The molecule has 72 valence electrons. The molecule has 0 radical (unpaired) electrons. The van der Waals surface area contributed by atoms with Crippen molar-refractivity contribution in [2.45, 2.75) is 13.5 Å². The van der Waals surface area contributed by atoms with Gasteiger partial charge < -0.3 is 10.2 Å². The number of nitrogens with one attached hydrogen (secondary N) is 1. The maximum atomic E-state index is 11.3. The van der Waals surface area contributed by atoms with Crippen molar-refractivity contribution in [1.82, 2.24) is 10.2 Å². The molecule has 2 amide bonds. The summed E-state index contributed by atoms with van der Waals surface area (Å²) in [4.78, 5) is 14.2. The highest BCUT2D eigenvalue weighted by atomic mass is 32.1. The minimum Gasteiger partial charge on any atom is -0.338 e. The average molecular weight is 198 g/mol. The minimum absolute atomic E-state index is 0.0177. The molecule has 0 saturated carbocycles. The Balaban J connectivity index is 2.41. The topological polar surface area (TPSA) is 32.3 Å². The number of rotatable bonds is 3. The van der Waals surface area contributed by atoms with Crippen molar-refractivity contribution >= 4 is 17.4 Å². The SMILES string of the molecule is CCNC(=O)N(C)Cc1cccs1. The van der Waals surface area contributed by atoms with Crippen LogP contribution >= 0.6 is 11.3 Å². The van der Waals surface area contributed by atoms with E-state index in [1.165, 1.54) is 4.88 Å². The van der Waals surface area contributed by atoms with Crippen LogP contribution in [0.2, 0.25) is 0 Å². The lowest BCUT2D eigenvalue weighted by Gasteiger charge is -2.15. The van der Waals surface area contributed by atoms with E-state index in [4.69, 9.17) is 0 Å². The third-order valence-electron chi connectivity index (χ3n) is 1.65. The van der Waals surface area contributed by atoms with Gasteiger partial charge in [0, 0.05) is 18.5 Å². The highest BCUT2D eigenvalue weighted by Gasteiger charge is 2.07. The third-order valence-corrected chi connectivity index (χ3v) is 2.51. The summed E-state index contributed by atoms with van der Waals surface area (Å²) in [5.74, 6) is 0. The molecule has 0 saturated heterocycles. The second-order valence-electron chi connectivity index (χ2n) is 2.77. The van der Waals surface area contributed by atoms with Crippen LogP contribution in [-0.4, -0.2) is 24.5 Å². The second-order valence-corrected chi connectivity index (χ2v) is 3.80. The molecule has 0 bridgehead atoms. The minimum atomic E-state index is -0.0177. The van der Waals surface area contributed by atoms with Gasteiger partial charge in [0.1, 0.15) is 0 Å². The quantitative estimate of drug-likeness (QED) is 0.790. The molecule has 0 aliphatic heterocycles. The van der Waals surface area contributed by atoms with E-state index in [1.54, 1.807) is 23.3 Å². The Morgan fingerprint density at radius 2 is 2.46 bits per heavy atom. The summed E-state index contributed by atoms with van der Waals surface area (Å²) < 4.78 is 0. The molecule has 1 aromatic rings. The number of carbonyl (C=O) groups is 1. The fourth-order valence-electron chi connectivity index (χ4n) is 0.994. The number of amides is 2. The van der Waals surface area contributed by atoms with Gasteiger partial charge in [-0.05, 0) is 18.4 Å². The monoisotopic (exact) mass is 198 g/mol. The van der Waals surface area contributed by atoms with Crippen molar-refractivity contribution < 1.29 is 4.79 Å². The fraction of sp³-hybridized carbons (Fsp3) is 0.444. The van der Waals surface area contributed by atoms with Crippen molar-refractivity contribution in [3.63, 3.8) is 0 Å². The zero-order valence-corrected chi connectivity index (χ0v) is 8.73. The summed E-state index contributed by atoms with van der Waals surface area (Å²) in [6, 6.07) is 4.00. The molecule has 0 unspecified atom stereocenters. The van der Waals surface area contributed by atoms with E-state index in [1.807, 2.05) is 24.4 Å². The van der Waals surface area contributed by atoms with Crippen LogP contribution in [0.3, 0.4) is 0 Å². The lowest BCUT2D eigenvalue weighted by Crippen LogP contribution is -2.36. The summed E-state index contributed by atoms with van der Waals surface area (Å²) in [5, 5.41) is 4.76. The molecule has 1 heterocycles. The number of nitrogens with zero attached hydrogens (tertiary/aromatic N) is 1. The summed E-state index contributed by atoms with van der Waals surface area (Å²) in [7, 11) is 1.80. The first kappa shape index (κ1) is 10.1. The van der Waals surface area contributed by atoms with Gasteiger partial charge in [-0.3, -0.25) is 0 Å². The molecule has 1 aromatic heterocycles. The number of urea groups is 1. The first-order valence-corrected chi connectivity index (χ1v) is 5.13. The first-order valence-electron chi connectivity index (χ1n) is 4.25. The van der Waals surface area contributed by atoms with Crippen LogP contribution in [0.1, 0.15) is 11.8 Å². The Morgan fingerprint density at radius 1 is 1.69 bits per heavy atom. The number of carbonyl (C=O) groups excluding carboxylic acids is 1. The van der Waals surface area contributed by atoms with E-state index in [0.717, 1.165) is 0 Å². The molecule has 0 aliphatic carbocycles. The largest absolute Gasteiger partial charge is 0.338 e. The van der Waals surface area contributed by atoms with E-state index < -0.39 is 0 Å². The lowest BCUT2D eigenvalue weighted by molar-refractivity contribution is 0.208. The second kappa shape index (κ2) is 4.87. The molecule has 13 heavy (non-hydrogen) atoms. The van der Waals surface area contributed by atoms with Crippen LogP contribution in [0, 0.1) is 0 Å². The van der Waals surface area contributed by atoms with E-state index in [9.17, 15) is 4.79 Å². The maximum absolute atomic E-state index is 11.3. The Bertz CT molecular complexity index is 259. The highest BCUT2D eigenvalue weighted by Crippen LogP contribution is 2.10. The first-order chi connectivity index (χ1) is 6.24. The Hall–Kier alpha value is -1.03. The van der Waals surface area contributed by atoms with E-state index >= 15 is 0 Å². The number of hydrogen-bond acceptors (Lipinski definition) is 2. The van der Waals surface area contributed by atoms with Crippen molar-refractivity contribution in [2.75, 3.05) is 13.6 Å². The highest BCUT2D eigenvalue weighted by molar-refractivity contribution is 7.09.